The van der Waals surface area contributed by atoms with Gasteiger partial charge in [0.05, 0.1) is 62.6 Å². The van der Waals surface area contributed by atoms with Crippen LogP contribution in [-0.4, -0.2) is 73.7 Å². The third kappa shape index (κ3) is 21.9. The average molecular weight is 1650 g/mol. The standard InChI is InChI=1S/C33H44ClFN2O2Si.C27H30ClFN2O2.C18H27FO3Si.C14H18ClN3/c1-22(23-13-15-27(28(35)19-23)33(17-18-33)39-40(8,9)32(5,6)7)29(38)16-14-26-21-30(31(2,3)4)36-37(26)25-12-10-11-24(34)20-25;1-17(18-8-10-22(23(29)14-18)27(33)12-13-27)24(32)11-9-21-16-25(26(2,3)4)30-31(21)20-7-5-6-19(28)15-20;1-12(16(20)21)13-7-8-14(15(19)11-13)18(9-10-18)22-23(5,6)17(2,3)4;1-14(2,3)13-8-12(9-16)18(17-13)11-6-4-5-10(15)7-11/h10-13,15,19-22H,14,16-18H2,1-9H3;5-8,10,14-17,33H,9,11-13H2,1-4H3;7-8,11-12H,9-10H2,1-6H3,(H,20,21);4-8H,9,16H2,1-3H3. The number of Topliss-reactive ketones (excluding diaryl/α,β-unsaturated/α-hetero) is 2. The van der Waals surface area contributed by atoms with Gasteiger partial charge in [0.2, 0.25) is 0 Å². The number of nitrogens with two attached hydrogens (primary N) is 1. The van der Waals surface area contributed by atoms with Crippen molar-refractivity contribution in [1.29, 1.82) is 0 Å². The van der Waals surface area contributed by atoms with Gasteiger partial charge in [-0.2, -0.15) is 15.3 Å². The molecule has 12 rings (SSSR count). The average Bonchev–Trinajstić information content (AvgIpc) is 1.57. The van der Waals surface area contributed by atoms with Gasteiger partial charge in [-0.15, -0.1) is 0 Å². The van der Waals surface area contributed by atoms with Crippen LogP contribution in [0.3, 0.4) is 0 Å². The Balaban J connectivity index is 0.000000181. The molecule has 3 aliphatic carbocycles. The van der Waals surface area contributed by atoms with Crippen LogP contribution >= 0.6 is 34.8 Å². The first kappa shape index (κ1) is 90.6. The molecule has 3 heterocycles. The van der Waals surface area contributed by atoms with Crippen molar-refractivity contribution in [3.05, 3.63) is 246 Å². The number of aliphatic hydroxyl groups is 1. The second-order valence-corrected chi connectivity index (χ2v) is 48.3. The summed E-state index contributed by atoms with van der Waals surface area (Å²) in [7, 11) is -4.06. The van der Waals surface area contributed by atoms with E-state index in [4.69, 9.17) is 64.7 Å². The normalized spacial score (nSPS) is 15.9. The topological polar surface area (TPSA) is 190 Å². The van der Waals surface area contributed by atoms with E-state index in [1.54, 1.807) is 44.2 Å². The molecule has 3 saturated carbocycles. The summed E-state index contributed by atoms with van der Waals surface area (Å²) in [5.41, 5.74) is 15.2. The number of aliphatic carboxylic acids is 1. The number of carbonyl (C=O) groups is 3. The number of nitrogens with zero attached hydrogens (tertiary/aromatic N) is 6. The zero-order chi connectivity index (χ0) is 84.6. The van der Waals surface area contributed by atoms with Gasteiger partial charge in [-0.1, -0.05) is 207 Å². The molecule has 0 spiro atoms. The third-order valence-corrected chi connectivity index (χ3v) is 33.0. The zero-order valence-corrected chi connectivity index (χ0v) is 75.1. The van der Waals surface area contributed by atoms with Crippen LogP contribution in [0.15, 0.2) is 146 Å². The lowest BCUT2D eigenvalue weighted by Crippen LogP contribution is -2.44. The van der Waals surface area contributed by atoms with E-state index in [0.29, 0.717) is 93.5 Å². The quantitative estimate of drug-likeness (QED) is 0.0517. The Hall–Kier alpha value is -7.31. The van der Waals surface area contributed by atoms with Crippen LogP contribution in [0.2, 0.25) is 51.3 Å². The fourth-order valence-corrected chi connectivity index (χ4v) is 16.8. The highest BCUT2D eigenvalue weighted by atomic mass is 35.5. The van der Waals surface area contributed by atoms with Gasteiger partial charge in [-0.05, 0) is 202 Å². The van der Waals surface area contributed by atoms with Crippen molar-refractivity contribution in [2.45, 2.75) is 282 Å². The molecule has 6 aromatic carbocycles. The summed E-state index contributed by atoms with van der Waals surface area (Å²) in [6.07, 6.45) is 6.16. The molecular formula is C92H119Cl3F3N7O7Si2. The SMILES string of the molecule is CC(C(=O)CCc1cc(C(C)(C)C)nn1-c1cccc(Cl)c1)c1ccc(C2(O)CC2)c(F)c1.CC(C(=O)CCc1cc(C(C)(C)C)nn1-c1cccc(Cl)c1)c1ccc(C2(O[Si](C)(C)C(C)(C)C)CC2)c(F)c1.CC(C(=O)O)c1ccc(C2(O[Si](C)(C)C(C)(C)C)CC2)c(F)c1.CC(C)(C)c1cc(CN)n(-c2cccc(Cl)c2)n1. The minimum atomic E-state index is -2.06. The second-order valence-electron chi connectivity index (χ2n) is 37.6. The van der Waals surface area contributed by atoms with Crippen molar-refractivity contribution < 1.29 is 46.6 Å². The summed E-state index contributed by atoms with van der Waals surface area (Å²) >= 11 is 18.5. The molecule has 3 aromatic heterocycles. The van der Waals surface area contributed by atoms with Crippen molar-refractivity contribution >= 4 is 69.0 Å². The zero-order valence-electron chi connectivity index (χ0n) is 70.8. The maximum absolute atomic E-state index is 15.5. The first-order valence-corrected chi connectivity index (χ1v) is 46.7. The number of benzene rings is 6. The molecule has 0 amide bonds. The third-order valence-electron chi connectivity index (χ3n) is 23.2. The molecule has 3 atom stereocenters. The van der Waals surface area contributed by atoms with Crippen LogP contribution in [0.4, 0.5) is 13.2 Å². The fourth-order valence-electron chi connectivity index (χ4n) is 13.1. The summed E-state index contributed by atoms with van der Waals surface area (Å²) in [6.45, 7) is 46.7. The number of hydrogen-bond donors (Lipinski definition) is 3. The number of ketones is 2. The van der Waals surface area contributed by atoms with Crippen molar-refractivity contribution in [2.24, 2.45) is 5.73 Å². The summed E-state index contributed by atoms with van der Waals surface area (Å²) in [5.74, 6) is -3.48. The van der Waals surface area contributed by atoms with E-state index in [0.717, 1.165) is 76.9 Å². The van der Waals surface area contributed by atoms with Gasteiger partial charge in [0.1, 0.15) is 29.0 Å². The number of aryl methyl sites for hydroxylation is 2. The lowest BCUT2D eigenvalue weighted by atomic mass is 9.90. The molecule has 114 heavy (non-hydrogen) atoms. The van der Waals surface area contributed by atoms with Crippen LogP contribution in [-0.2, 0) is 75.7 Å². The molecule has 14 nitrogen and oxygen atoms in total. The lowest BCUT2D eigenvalue weighted by molar-refractivity contribution is -0.138. The Morgan fingerprint density at radius 3 is 1.02 bits per heavy atom. The van der Waals surface area contributed by atoms with E-state index in [1.807, 2.05) is 112 Å². The lowest BCUT2D eigenvalue weighted by Gasteiger charge is -2.40. The Morgan fingerprint density at radius 2 is 0.754 bits per heavy atom. The number of aromatic nitrogens is 6. The Morgan fingerprint density at radius 1 is 0.456 bits per heavy atom. The van der Waals surface area contributed by atoms with Crippen LogP contribution in [0.1, 0.15) is 261 Å². The maximum atomic E-state index is 15.5. The summed E-state index contributed by atoms with van der Waals surface area (Å²) < 4.78 is 63.5. The van der Waals surface area contributed by atoms with Gasteiger partial charge in [0.15, 0.2) is 16.6 Å². The molecule has 0 bridgehead atoms. The number of carbonyl (C=O) groups excluding carboxylic acids is 2. The molecular weight excluding hydrogens is 1530 g/mol. The molecule has 0 aliphatic heterocycles. The van der Waals surface area contributed by atoms with E-state index in [-0.39, 0.29) is 49.5 Å². The van der Waals surface area contributed by atoms with Crippen molar-refractivity contribution in [3.63, 3.8) is 0 Å². The van der Waals surface area contributed by atoms with Gasteiger partial charge in [0.25, 0.3) is 0 Å². The molecule has 614 valence electrons. The van der Waals surface area contributed by atoms with Crippen molar-refractivity contribution in [3.8, 4) is 17.1 Å². The van der Waals surface area contributed by atoms with Crippen LogP contribution < -0.4 is 5.73 Å². The monoisotopic (exact) mass is 1650 g/mol. The number of carboxylic acids is 1. The van der Waals surface area contributed by atoms with Crippen LogP contribution in [0, 0.1) is 17.5 Å². The maximum Gasteiger partial charge on any atom is 0.310 e. The Bertz CT molecular complexity index is 4940. The molecule has 9 aromatic rings. The predicted molar refractivity (Wildman–Crippen MR) is 460 cm³/mol. The van der Waals surface area contributed by atoms with Crippen LogP contribution in [0.5, 0.6) is 0 Å². The van der Waals surface area contributed by atoms with Gasteiger partial charge < -0.3 is 24.8 Å². The van der Waals surface area contributed by atoms with E-state index < -0.39 is 63.0 Å². The van der Waals surface area contributed by atoms with Gasteiger partial charge in [-0.3, -0.25) is 14.4 Å². The van der Waals surface area contributed by atoms with Gasteiger partial charge in [0, 0.05) is 90.6 Å². The van der Waals surface area contributed by atoms with Crippen molar-refractivity contribution in [1.82, 2.24) is 29.3 Å². The molecule has 22 heteroatoms. The second kappa shape index (κ2) is 34.7. The molecule has 3 unspecified atom stereocenters. The fraction of sp³-hybridized carbons (Fsp3) is 0.478. The molecule has 3 fully saturated rings. The minimum absolute atomic E-state index is 0.00768. The highest BCUT2D eigenvalue weighted by Crippen LogP contribution is 2.57. The summed E-state index contributed by atoms with van der Waals surface area (Å²) in [5, 5.41) is 35.6. The van der Waals surface area contributed by atoms with Crippen LogP contribution in [0.25, 0.3) is 17.1 Å². The van der Waals surface area contributed by atoms with Gasteiger partial charge in [-0.25, -0.2) is 27.2 Å². The molecule has 4 N–H and O–H groups in total. The number of rotatable bonds is 23. The van der Waals surface area contributed by atoms with E-state index >= 15 is 4.39 Å². The number of halogens is 6. The highest BCUT2D eigenvalue weighted by molar-refractivity contribution is 6.74. The predicted octanol–water partition coefficient (Wildman–Crippen LogP) is 23.8. The Labute approximate surface area is 691 Å². The Kier molecular flexibility index (Phi) is 27.6. The summed E-state index contributed by atoms with van der Waals surface area (Å²) in [4.78, 5) is 37.4. The summed E-state index contributed by atoms with van der Waals surface area (Å²) in [6, 6.07) is 43.7. The highest BCUT2D eigenvalue weighted by Gasteiger charge is 2.55. The smallest absolute Gasteiger partial charge is 0.310 e. The van der Waals surface area contributed by atoms with Gasteiger partial charge >= 0.3 is 5.97 Å². The van der Waals surface area contributed by atoms with E-state index in [9.17, 15) is 28.3 Å². The van der Waals surface area contributed by atoms with E-state index in [2.05, 4.69) is 147 Å². The largest absolute Gasteiger partial charge is 0.481 e. The minimum Gasteiger partial charge on any atom is -0.481 e. The molecule has 0 saturated heterocycles. The molecule has 3 aliphatic rings. The number of carboxylic acid groups (broad SMARTS) is 1. The number of hydrogen-bond acceptors (Lipinski definition) is 10. The van der Waals surface area contributed by atoms with Crippen molar-refractivity contribution in [2.75, 3.05) is 0 Å². The first-order valence-electron chi connectivity index (χ1n) is 39.8. The first-order chi connectivity index (χ1) is 52.7. The van der Waals surface area contributed by atoms with E-state index in [1.165, 1.54) is 12.1 Å². The molecule has 0 radical (unpaired) electrons.